The average molecular weight is 249 g/mol. The summed E-state index contributed by atoms with van der Waals surface area (Å²) in [7, 11) is 0. The van der Waals surface area contributed by atoms with E-state index in [0.29, 0.717) is 5.88 Å². The highest BCUT2D eigenvalue weighted by Gasteiger charge is 2.16. The Bertz CT molecular complexity index is 426. The van der Waals surface area contributed by atoms with Crippen LogP contribution in [0.2, 0.25) is 0 Å². The van der Waals surface area contributed by atoms with Crippen molar-refractivity contribution < 1.29 is 9.53 Å². The number of nitrogens with zero attached hydrogens (tertiary/aromatic N) is 1. The molecule has 1 amide bonds. The minimum Gasteiger partial charge on any atom is -0.474 e. The van der Waals surface area contributed by atoms with E-state index in [1.807, 2.05) is 0 Å². The summed E-state index contributed by atoms with van der Waals surface area (Å²) >= 11 is 0. The fourth-order valence-corrected chi connectivity index (χ4v) is 2.26. The first kappa shape index (κ1) is 12.7. The zero-order valence-corrected chi connectivity index (χ0v) is 10.4. The highest BCUT2D eigenvalue weighted by Crippen LogP contribution is 2.23. The first-order valence-electron chi connectivity index (χ1n) is 6.39. The van der Waals surface area contributed by atoms with E-state index in [-0.39, 0.29) is 17.4 Å². The smallest absolute Gasteiger partial charge is 0.251 e. The lowest BCUT2D eigenvalue weighted by molar-refractivity contribution is 0.0999. The number of aromatic nitrogens is 1. The Morgan fingerprint density at radius 1 is 1.28 bits per heavy atom. The molecule has 0 saturated heterocycles. The zero-order chi connectivity index (χ0) is 13.0. The molecule has 1 aliphatic rings. The lowest BCUT2D eigenvalue weighted by Crippen LogP contribution is -2.18. The van der Waals surface area contributed by atoms with Crippen molar-refractivity contribution in [3.8, 4) is 5.88 Å². The molecular weight excluding hydrogens is 230 g/mol. The minimum atomic E-state index is -0.555. The van der Waals surface area contributed by atoms with Gasteiger partial charge in [0.05, 0.1) is 17.4 Å². The van der Waals surface area contributed by atoms with Gasteiger partial charge in [0.15, 0.2) is 0 Å². The van der Waals surface area contributed by atoms with Gasteiger partial charge >= 0.3 is 0 Å². The van der Waals surface area contributed by atoms with Crippen molar-refractivity contribution in [2.75, 3.05) is 5.73 Å². The van der Waals surface area contributed by atoms with E-state index in [9.17, 15) is 4.79 Å². The van der Waals surface area contributed by atoms with Gasteiger partial charge in [0.1, 0.15) is 6.10 Å². The summed E-state index contributed by atoms with van der Waals surface area (Å²) in [6, 6.07) is 1.53. The number of hydrogen-bond donors (Lipinski definition) is 2. The molecule has 5 heteroatoms. The van der Waals surface area contributed by atoms with Crippen LogP contribution in [0.25, 0.3) is 0 Å². The van der Waals surface area contributed by atoms with E-state index in [2.05, 4.69) is 4.98 Å². The number of amides is 1. The number of nitrogens with two attached hydrogens (primary N) is 2. The monoisotopic (exact) mass is 249 g/mol. The van der Waals surface area contributed by atoms with Crippen LogP contribution in [0.1, 0.15) is 48.9 Å². The Morgan fingerprint density at radius 2 is 1.94 bits per heavy atom. The van der Waals surface area contributed by atoms with Gasteiger partial charge in [-0.1, -0.05) is 12.8 Å². The van der Waals surface area contributed by atoms with Crippen molar-refractivity contribution in [1.82, 2.24) is 4.98 Å². The number of rotatable bonds is 3. The van der Waals surface area contributed by atoms with Crippen LogP contribution >= 0.6 is 0 Å². The molecule has 0 atom stereocenters. The van der Waals surface area contributed by atoms with Crippen molar-refractivity contribution >= 4 is 11.6 Å². The number of nitrogen functional groups attached to an aromatic ring is 1. The van der Waals surface area contributed by atoms with Gasteiger partial charge < -0.3 is 16.2 Å². The molecule has 0 unspecified atom stereocenters. The largest absolute Gasteiger partial charge is 0.474 e. The molecule has 1 fully saturated rings. The van der Waals surface area contributed by atoms with Crippen molar-refractivity contribution in [3.05, 3.63) is 17.8 Å². The second-order valence-corrected chi connectivity index (χ2v) is 4.71. The lowest BCUT2D eigenvalue weighted by atomic mass is 10.1. The topological polar surface area (TPSA) is 91.2 Å². The predicted octanol–water partition coefficient (Wildman–Crippen LogP) is 1.86. The van der Waals surface area contributed by atoms with Crippen LogP contribution in [0.4, 0.5) is 5.69 Å². The fraction of sp³-hybridized carbons (Fsp3) is 0.538. The van der Waals surface area contributed by atoms with Crippen LogP contribution in [-0.2, 0) is 0 Å². The van der Waals surface area contributed by atoms with Crippen molar-refractivity contribution in [2.24, 2.45) is 5.73 Å². The second-order valence-electron chi connectivity index (χ2n) is 4.71. The summed E-state index contributed by atoms with van der Waals surface area (Å²) in [4.78, 5) is 15.3. The van der Waals surface area contributed by atoms with Crippen LogP contribution in [0.5, 0.6) is 5.88 Å². The number of carbonyl (C=O) groups excluding carboxylic acids is 1. The van der Waals surface area contributed by atoms with E-state index < -0.39 is 5.91 Å². The summed E-state index contributed by atoms with van der Waals surface area (Å²) in [6.07, 6.45) is 8.58. The van der Waals surface area contributed by atoms with Gasteiger partial charge in [-0.3, -0.25) is 4.79 Å². The number of pyridine rings is 1. The molecule has 1 saturated carbocycles. The average Bonchev–Trinajstić information content (AvgIpc) is 2.60. The molecule has 1 aliphatic carbocycles. The number of ether oxygens (including phenoxy) is 1. The maximum Gasteiger partial charge on any atom is 0.251 e. The highest BCUT2D eigenvalue weighted by atomic mass is 16.5. The van der Waals surface area contributed by atoms with Crippen molar-refractivity contribution in [2.45, 2.75) is 44.6 Å². The van der Waals surface area contributed by atoms with Gasteiger partial charge in [0.25, 0.3) is 5.91 Å². The lowest BCUT2D eigenvalue weighted by Gasteiger charge is -2.16. The third kappa shape index (κ3) is 3.12. The molecule has 0 aliphatic heterocycles. The molecule has 0 aromatic carbocycles. The minimum absolute atomic E-state index is 0.185. The maximum atomic E-state index is 11.2. The fourth-order valence-electron chi connectivity index (χ4n) is 2.26. The Labute approximate surface area is 107 Å². The van der Waals surface area contributed by atoms with Crippen LogP contribution in [0.15, 0.2) is 12.3 Å². The van der Waals surface area contributed by atoms with Crippen LogP contribution in [-0.4, -0.2) is 17.0 Å². The zero-order valence-electron chi connectivity index (χ0n) is 10.4. The second kappa shape index (κ2) is 5.71. The summed E-state index contributed by atoms with van der Waals surface area (Å²) in [5.41, 5.74) is 11.4. The summed E-state index contributed by atoms with van der Waals surface area (Å²) in [5, 5.41) is 0. The molecule has 18 heavy (non-hydrogen) atoms. The first-order valence-corrected chi connectivity index (χ1v) is 6.39. The molecule has 5 nitrogen and oxygen atoms in total. The number of anilines is 1. The number of primary amides is 1. The maximum absolute atomic E-state index is 11.2. The summed E-state index contributed by atoms with van der Waals surface area (Å²) in [6.45, 7) is 0. The normalized spacial score (nSPS) is 17.1. The quantitative estimate of drug-likeness (QED) is 0.800. The van der Waals surface area contributed by atoms with Gasteiger partial charge in [0.2, 0.25) is 5.88 Å². The number of carbonyl (C=O) groups is 1. The molecule has 1 aromatic rings. The van der Waals surface area contributed by atoms with Gasteiger partial charge in [0, 0.05) is 6.07 Å². The van der Waals surface area contributed by atoms with E-state index in [1.54, 1.807) is 0 Å². The first-order chi connectivity index (χ1) is 8.66. The van der Waals surface area contributed by atoms with Gasteiger partial charge in [-0.05, 0) is 25.7 Å². The van der Waals surface area contributed by atoms with E-state index in [1.165, 1.54) is 37.9 Å². The summed E-state index contributed by atoms with van der Waals surface area (Å²) < 4.78 is 5.81. The number of hydrogen-bond acceptors (Lipinski definition) is 4. The molecule has 2 rings (SSSR count). The summed E-state index contributed by atoms with van der Waals surface area (Å²) in [5.74, 6) is -0.120. The SMILES string of the molecule is NC(=O)c1cc(OC2CCCCCC2)ncc1N. The molecule has 1 heterocycles. The molecule has 1 aromatic heterocycles. The Balaban J connectivity index is 2.08. The van der Waals surface area contributed by atoms with E-state index in [4.69, 9.17) is 16.2 Å². The van der Waals surface area contributed by atoms with Crippen LogP contribution < -0.4 is 16.2 Å². The van der Waals surface area contributed by atoms with Crippen molar-refractivity contribution in [1.29, 1.82) is 0 Å². The molecule has 0 spiro atoms. The molecule has 4 N–H and O–H groups in total. The molecule has 0 radical (unpaired) electrons. The van der Waals surface area contributed by atoms with Crippen molar-refractivity contribution in [3.63, 3.8) is 0 Å². The Morgan fingerprint density at radius 3 is 2.56 bits per heavy atom. The van der Waals surface area contributed by atoms with Gasteiger partial charge in [-0.15, -0.1) is 0 Å². The van der Waals surface area contributed by atoms with Crippen LogP contribution in [0.3, 0.4) is 0 Å². The Hall–Kier alpha value is -1.78. The van der Waals surface area contributed by atoms with Gasteiger partial charge in [-0.2, -0.15) is 0 Å². The predicted molar refractivity (Wildman–Crippen MR) is 69.3 cm³/mol. The molecule has 0 bridgehead atoms. The van der Waals surface area contributed by atoms with E-state index >= 15 is 0 Å². The van der Waals surface area contributed by atoms with E-state index in [0.717, 1.165) is 12.8 Å². The Kier molecular flexibility index (Phi) is 4.02. The molecular formula is C13H19N3O2. The third-order valence-electron chi connectivity index (χ3n) is 3.26. The van der Waals surface area contributed by atoms with Crippen LogP contribution in [0, 0.1) is 0 Å². The standard InChI is InChI=1S/C13H19N3O2/c14-11-8-16-12(7-10(11)13(15)17)18-9-5-3-1-2-4-6-9/h7-9H,1-6,14H2,(H2,15,17). The van der Waals surface area contributed by atoms with Gasteiger partial charge in [-0.25, -0.2) is 4.98 Å². The third-order valence-corrected chi connectivity index (χ3v) is 3.26. The molecule has 98 valence electrons. The highest BCUT2D eigenvalue weighted by molar-refractivity contribution is 5.97.